The number of nitrogens with one attached hydrogen (secondary N) is 1. The van der Waals surface area contributed by atoms with Crippen LogP contribution in [0, 0.1) is 0 Å². The number of hydrogen-bond donors (Lipinski definition) is 2. The number of ether oxygens (including phenoxy) is 2. The normalized spacial score (nSPS) is 11.0. The Bertz CT molecular complexity index is 803. The maximum absolute atomic E-state index is 11.1. The molecule has 0 aromatic heterocycles. The minimum atomic E-state index is -0.432. The average Bonchev–Trinajstić information content (AvgIpc) is 2.69. The summed E-state index contributed by atoms with van der Waals surface area (Å²) in [4.78, 5) is 17.5. The Balaban J connectivity index is 2.01. The Kier molecular flexibility index (Phi) is 7.05. The molecular formula is C20H26N4O3. The van der Waals surface area contributed by atoms with Crippen LogP contribution >= 0.6 is 0 Å². The van der Waals surface area contributed by atoms with Crippen LogP contribution in [0.25, 0.3) is 0 Å². The maximum atomic E-state index is 11.1. The lowest BCUT2D eigenvalue weighted by Crippen LogP contribution is -2.38. The lowest BCUT2D eigenvalue weighted by Gasteiger charge is -2.23. The molecule has 0 aliphatic rings. The van der Waals surface area contributed by atoms with Crippen molar-refractivity contribution < 1.29 is 14.3 Å². The van der Waals surface area contributed by atoms with Crippen molar-refractivity contribution in [1.29, 1.82) is 0 Å². The molecule has 7 nitrogen and oxygen atoms in total. The van der Waals surface area contributed by atoms with E-state index in [1.54, 1.807) is 33.4 Å². The number of methoxy groups -OCH3 is 2. The molecule has 0 bridgehead atoms. The number of nitrogens with zero attached hydrogens (tertiary/aromatic N) is 2. The minimum Gasteiger partial charge on any atom is -0.497 e. The van der Waals surface area contributed by atoms with Crippen molar-refractivity contribution >= 4 is 11.9 Å². The summed E-state index contributed by atoms with van der Waals surface area (Å²) in [5, 5.41) is 3.31. The van der Waals surface area contributed by atoms with Gasteiger partial charge in [-0.25, -0.2) is 0 Å². The predicted octanol–water partition coefficient (Wildman–Crippen LogP) is 2.01. The molecule has 2 aromatic rings. The molecule has 0 aliphatic heterocycles. The molecule has 0 fully saturated rings. The number of carbonyl (C=O) groups excluding carboxylic acids is 1. The third kappa shape index (κ3) is 5.37. The number of hydrogen-bond acceptors (Lipinski definition) is 4. The quantitative estimate of drug-likeness (QED) is 0.575. The molecule has 0 atom stereocenters. The molecule has 0 aliphatic carbocycles. The van der Waals surface area contributed by atoms with Crippen LogP contribution in [-0.4, -0.2) is 45.1 Å². The lowest BCUT2D eigenvalue weighted by molar-refractivity contribution is 0.100. The van der Waals surface area contributed by atoms with Crippen LogP contribution in [0.15, 0.2) is 47.5 Å². The minimum absolute atomic E-state index is 0.432. The average molecular weight is 370 g/mol. The fourth-order valence-corrected chi connectivity index (χ4v) is 2.67. The van der Waals surface area contributed by atoms with Crippen molar-refractivity contribution in [2.75, 3.05) is 28.3 Å². The molecule has 3 N–H and O–H groups in total. The van der Waals surface area contributed by atoms with Crippen molar-refractivity contribution in [2.45, 2.75) is 13.1 Å². The number of aliphatic imine (C=N–C) groups is 1. The summed E-state index contributed by atoms with van der Waals surface area (Å²) in [6.07, 6.45) is 0. The topological polar surface area (TPSA) is 89.2 Å². The first-order valence-electron chi connectivity index (χ1n) is 8.50. The van der Waals surface area contributed by atoms with E-state index in [1.165, 1.54) is 0 Å². The molecular weight excluding hydrogens is 344 g/mol. The van der Waals surface area contributed by atoms with Gasteiger partial charge in [-0.1, -0.05) is 12.1 Å². The summed E-state index contributed by atoms with van der Waals surface area (Å²) in [7, 11) is 6.96. The monoisotopic (exact) mass is 370 g/mol. The van der Waals surface area contributed by atoms with Gasteiger partial charge in [0.05, 0.1) is 14.2 Å². The molecule has 1 amide bonds. The Morgan fingerprint density at radius 2 is 1.85 bits per heavy atom. The molecule has 144 valence electrons. The molecule has 0 unspecified atom stereocenters. The maximum Gasteiger partial charge on any atom is 0.248 e. The van der Waals surface area contributed by atoms with Crippen LogP contribution in [-0.2, 0) is 13.1 Å². The third-order valence-corrected chi connectivity index (χ3v) is 4.16. The second-order valence-corrected chi connectivity index (χ2v) is 6.00. The molecule has 0 saturated carbocycles. The molecule has 2 aromatic carbocycles. The van der Waals surface area contributed by atoms with Gasteiger partial charge in [-0.3, -0.25) is 9.79 Å². The first-order chi connectivity index (χ1) is 13.0. The Morgan fingerprint density at radius 1 is 1.15 bits per heavy atom. The lowest BCUT2D eigenvalue weighted by atomic mass is 10.1. The van der Waals surface area contributed by atoms with E-state index in [2.05, 4.69) is 10.3 Å². The van der Waals surface area contributed by atoms with Crippen LogP contribution in [0.2, 0.25) is 0 Å². The van der Waals surface area contributed by atoms with Gasteiger partial charge in [0, 0.05) is 44.4 Å². The van der Waals surface area contributed by atoms with Crippen LogP contribution in [0.3, 0.4) is 0 Å². The first kappa shape index (κ1) is 20.1. The van der Waals surface area contributed by atoms with Gasteiger partial charge in [-0.05, 0) is 29.8 Å². The predicted molar refractivity (Wildman–Crippen MR) is 106 cm³/mol. The third-order valence-electron chi connectivity index (χ3n) is 4.16. The van der Waals surface area contributed by atoms with Crippen molar-refractivity contribution in [2.24, 2.45) is 10.7 Å². The molecule has 0 saturated heterocycles. The molecule has 0 heterocycles. The Hall–Kier alpha value is -3.22. The van der Waals surface area contributed by atoms with E-state index in [1.807, 2.05) is 42.3 Å². The second kappa shape index (κ2) is 9.47. The molecule has 7 heteroatoms. The number of nitrogens with two attached hydrogens (primary N) is 1. The van der Waals surface area contributed by atoms with E-state index >= 15 is 0 Å². The highest BCUT2D eigenvalue weighted by molar-refractivity contribution is 5.92. The zero-order valence-corrected chi connectivity index (χ0v) is 16.2. The number of primary amides is 1. The fraction of sp³-hybridized carbons (Fsp3) is 0.300. The van der Waals surface area contributed by atoms with Gasteiger partial charge in [0.15, 0.2) is 5.96 Å². The smallest absolute Gasteiger partial charge is 0.248 e. The fourth-order valence-electron chi connectivity index (χ4n) is 2.67. The van der Waals surface area contributed by atoms with Gasteiger partial charge < -0.3 is 25.4 Å². The summed E-state index contributed by atoms with van der Waals surface area (Å²) < 4.78 is 10.7. The highest BCUT2D eigenvalue weighted by Crippen LogP contribution is 2.25. The molecule has 2 rings (SSSR count). The van der Waals surface area contributed by atoms with Crippen LogP contribution < -0.4 is 20.5 Å². The first-order valence-corrected chi connectivity index (χ1v) is 8.50. The Labute approximate surface area is 159 Å². The molecule has 0 spiro atoms. The van der Waals surface area contributed by atoms with Crippen LogP contribution in [0.1, 0.15) is 21.5 Å². The summed E-state index contributed by atoms with van der Waals surface area (Å²) in [6, 6.07) is 12.9. The van der Waals surface area contributed by atoms with Crippen molar-refractivity contribution in [1.82, 2.24) is 10.2 Å². The van der Waals surface area contributed by atoms with Gasteiger partial charge in [-0.2, -0.15) is 0 Å². The Morgan fingerprint density at radius 3 is 2.41 bits per heavy atom. The number of benzene rings is 2. The van der Waals surface area contributed by atoms with Gasteiger partial charge in [0.25, 0.3) is 0 Å². The number of guanidine groups is 1. The van der Waals surface area contributed by atoms with Crippen molar-refractivity contribution in [3.63, 3.8) is 0 Å². The van der Waals surface area contributed by atoms with E-state index in [9.17, 15) is 4.79 Å². The van der Waals surface area contributed by atoms with E-state index in [0.29, 0.717) is 18.7 Å². The number of carbonyl (C=O) groups is 1. The van der Waals surface area contributed by atoms with Crippen molar-refractivity contribution in [3.8, 4) is 11.5 Å². The highest BCUT2D eigenvalue weighted by atomic mass is 16.5. The standard InChI is InChI=1S/C20H26N4O3/c1-22-20(23-12-14-5-7-15(8-6-14)19(21)25)24(2)13-16-9-10-17(26-3)11-18(16)27-4/h5-11H,12-13H2,1-4H3,(H2,21,25)(H,22,23). The van der Waals surface area contributed by atoms with E-state index < -0.39 is 5.91 Å². The van der Waals surface area contributed by atoms with E-state index in [4.69, 9.17) is 15.2 Å². The number of rotatable bonds is 7. The highest BCUT2D eigenvalue weighted by Gasteiger charge is 2.11. The summed E-state index contributed by atoms with van der Waals surface area (Å²) >= 11 is 0. The van der Waals surface area contributed by atoms with E-state index in [-0.39, 0.29) is 0 Å². The molecule has 27 heavy (non-hydrogen) atoms. The second-order valence-electron chi connectivity index (χ2n) is 6.00. The summed E-state index contributed by atoms with van der Waals surface area (Å²) in [5.74, 6) is 1.82. The SMILES string of the molecule is CN=C(NCc1ccc(C(N)=O)cc1)N(C)Cc1ccc(OC)cc1OC. The van der Waals surface area contributed by atoms with Crippen molar-refractivity contribution in [3.05, 3.63) is 59.2 Å². The number of amides is 1. The molecule has 0 radical (unpaired) electrons. The van der Waals surface area contributed by atoms with Crippen LogP contribution in [0.4, 0.5) is 0 Å². The summed E-state index contributed by atoms with van der Waals surface area (Å²) in [6.45, 7) is 1.20. The summed E-state index contributed by atoms with van der Waals surface area (Å²) in [5.41, 5.74) is 7.80. The van der Waals surface area contributed by atoms with Crippen LogP contribution in [0.5, 0.6) is 11.5 Å². The van der Waals surface area contributed by atoms with Gasteiger partial charge in [0.1, 0.15) is 11.5 Å². The zero-order valence-electron chi connectivity index (χ0n) is 16.2. The zero-order chi connectivity index (χ0) is 19.8. The van der Waals surface area contributed by atoms with Gasteiger partial charge >= 0.3 is 0 Å². The van der Waals surface area contributed by atoms with Gasteiger partial charge in [-0.15, -0.1) is 0 Å². The van der Waals surface area contributed by atoms with Gasteiger partial charge in [0.2, 0.25) is 5.91 Å². The van der Waals surface area contributed by atoms with E-state index in [0.717, 1.165) is 28.6 Å². The largest absolute Gasteiger partial charge is 0.497 e.